The largest absolute Gasteiger partial charge is 0.291 e. The predicted octanol–water partition coefficient (Wildman–Crippen LogP) is 2.77. The average Bonchev–Trinajstić information content (AvgIpc) is 2.04. The Labute approximate surface area is 86.0 Å². The van der Waals surface area contributed by atoms with Gasteiger partial charge in [-0.25, -0.2) is 0 Å². The van der Waals surface area contributed by atoms with Crippen molar-refractivity contribution in [2.45, 2.75) is 10.3 Å². The predicted molar refractivity (Wildman–Crippen MR) is 60.3 cm³/mol. The second kappa shape index (κ2) is 2.83. The first-order valence-electron chi connectivity index (χ1n) is 3.98. The van der Waals surface area contributed by atoms with Crippen LogP contribution in [-0.4, -0.2) is 12.8 Å². The zero-order chi connectivity index (χ0) is 8.60. The van der Waals surface area contributed by atoms with Gasteiger partial charge in [0.25, 0.3) is 0 Å². The Bertz CT molecular complexity index is 328. The smallest absolute Gasteiger partial charge is 0.0643 e. The molecule has 0 N–H and O–H groups in total. The van der Waals surface area contributed by atoms with Crippen molar-refractivity contribution >= 4 is 28.8 Å². The molecule has 0 radical (unpaired) electrons. The molecule has 0 aliphatic carbocycles. The first-order valence-corrected chi connectivity index (χ1v) is 5.06. The summed E-state index contributed by atoms with van der Waals surface area (Å²) in [7, 11) is 0. The maximum absolute atomic E-state index is 4.34. The summed E-state index contributed by atoms with van der Waals surface area (Å²) in [5, 5.41) is 0. The number of hydrogen-bond acceptors (Lipinski definition) is 1. The van der Waals surface area contributed by atoms with E-state index in [4.69, 9.17) is 0 Å². The van der Waals surface area contributed by atoms with E-state index in [2.05, 4.69) is 58.8 Å². The minimum absolute atomic E-state index is 0.184. The highest BCUT2D eigenvalue weighted by atomic mass is 127. The Morgan fingerprint density at radius 2 is 2.17 bits per heavy atom. The number of fused-ring (bicyclic) bond motifs is 1. The highest BCUT2D eigenvalue weighted by molar-refractivity contribution is 14.1. The molecule has 0 fully saturated rings. The molecular weight excluding hydrogens is 261 g/mol. The molecule has 1 aromatic rings. The van der Waals surface area contributed by atoms with Crippen LogP contribution < -0.4 is 0 Å². The van der Waals surface area contributed by atoms with Gasteiger partial charge in [0.1, 0.15) is 0 Å². The van der Waals surface area contributed by atoms with E-state index < -0.39 is 0 Å². The van der Waals surface area contributed by atoms with Crippen molar-refractivity contribution < 1.29 is 0 Å². The molecule has 2 heteroatoms. The van der Waals surface area contributed by atoms with E-state index in [1.165, 1.54) is 11.1 Å². The topological polar surface area (TPSA) is 12.4 Å². The van der Waals surface area contributed by atoms with E-state index in [1.807, 2.05) is 6.21 Å². The molecule has 12 heavy (non-hydrogen) atoms. The Morgan fingerprint density at radius 3 is 2.92 bits per heavy atom. The van der Waals surface area contributed by atoms with Crippen LogP contribution in [0.5, 0.6) is 0 Å². The van der Waals surface area contributed by atoms with Gasteiger partial charge in [-0.05, 0) is 18.1 Å². The fourth-order valence-corrected chi connectivity index (χ4v) is 2.17. The van der Waals surface area contributed by atoms with Crippen LogP contribution in [0.1, 0.15) is 18.1 Å². The van der Waals surface area contributed by atoms with Gasteiger partial charge in [-0.2, -0.15) is 0 Å². The van der Waals surface area contributed by atoms with Gasteiger partial charge in [0, 0.05) is 6.21 Å². The fourth-order valence-electron chi connectivity index (χ4n) is 1.48. The molecule has 0 amide bonds. The minimum Gasteiger partial charge on any atom is -0.291 e. The molecule has 0 saturated carbocycles. The molecule has 2 rings (SSSR count). The molecule has 1 atom stereocenters. The summed E-state index contributed by atoms with van der Waals surface area (Å²) in [6.45, 7) is 3.12. The molecule has 0 saturated heterocycles. The SMILES string of the molecule is CC1(I)CN=Cc2ccccc21. The molecule has 0 bridgehead atoms. The quantitative estimate of drug-likeness (QED) is 0.508. The Kier molecular flexibility index (Phi) is 1.94. The van der Waals surface area contributed by atoms with Crippen LogP contribution >= 0.6 is 22.6 Å². The van der Waals surface area contributed by atoms with Crippen molar-refractivity contribution in [3.05, 3.63) is 35.4 Å². The van der Waals surface area contributed by atoms with Crippen LogP contribution in [0.25, 0.3) is 0 Å². The molecule has 1 unspecified atom stereocenters. The first kappa shape index (κ1) is 8.23. The number of benzene rings is 1. The number of hydrogen-bond donors (Lipinski definition) is 0. The fraction of sp³-hybridized carbons (Fsp3) is 0.300. The molecule has 0 spiro atoms. The van der Waals surface area contributed by atoms with Crippen LogP contribution in [0.15, 0.2) is 29.3 Å². The van der Waals surface area contributed by atoms with Crippen molar-refractivity contribution in [1.29, 1.82) is 0 Å². The highest BCUT2D eigenvalue weighted by Gasteiger charge is 2.26. The number of halogens is 1. The molecule has 1 nitrogen and oxygen atoms in total. The van der Waals surface area contributed by atoms with Gasteiger partial charge in [0.15, 0.2) is 0 Å². The summed E-state index contributed by atoms with van der Waals surface area (Å²) in [6, 6.07) is 8.46. The summed E-state index contributed by atoms with van der Waals surface area (Å²) in [6.07, 6.45) is 1.97. The van der Waals surface area contributed by atoms with Crippen LogP contribution in [0, 0.1) is 0 Å². The zero-order valence-corrected chi connectivity index (χ0v) is 9.08. The molecule has 1 heterocycles. The van der Waals surface area contributed by atoms with E-state index in [9.17, 15) is 0 Å². The third kappa shape index (κ3) is 1.28. The summed E-state index contributed by atoms with van der Waals surface area (Å²) in [5.41, 5.74) is 2.67. The van der Waals surface area contributed by atoms with Gasteiger partial charge in [-0.3, -0.25) is 4.99 Å². The maximum atomic E-state index is 4.34. The van der Waals surface area contributed by atoms with Crippen LogP contribution in [-0.2, 0) is 3.42 Å². The van der Waals surface area contributed by atoms with E-state index in [0.29, 0.717) is 0 Å². The van der Waals surface area contributed by atoms with E-state index in [-0.39, 0.29) is 3.42 Å². The summed E-state index contributed by atoms with van der Waals surface area (Å²) < 4.78 is 0.184. The molecule has 1 aliphatic heterocycles. The lowest BCUT2D eigenvalue weighted by Gasteiger charge is -2.26. The average molecular weight is 271 g/mol. The van der Waals surface area contributed by atoms with Crippen LogP contribution in [0.4, 0.5) is 0 Å². The van der Waals surface area contributed by atoms with Crippen molar-refractivity contribution in [3.8, 4) is 0 Å². The normalized spacial score (nSPS) is 26.8. The molecular formula is C10H10IN. The second-order valence-corrected chi connectivity index (χ2v) is 5.64. The second-order valence-electron chi connectivity index (χ2n) is 3.25. The van der Waals surface area contributed by atoms with Gasteiger partial charge in [0.2, 0.25) is 0 Å². The lowest BCUT2D eigenvalue weighted by molar-refractivity contribution is 0.732. The summed E-state index contributed by atoms with van der Waals surface area (Å²) in [4.78, 5) is 4.34. The number of aliphatic imine (C=N–C) groups is 1. The molecule has 62 valence electrons. The summed E-state index contributed by atoms with van der Waals surface area (Å²) in [5.74, 6) is 0. The van der Waals surface area contributed by atoms with Crippen molar-refractivity contribution in [3.63, 3.8) is 0 Å². The number of rotatable bonds is 0. The zero-order valence-electron chi connectivity index (χ0n) is 6.92. The van der Waals surface area contributed by atoms with E-state index in [1.54, 1.807) is 0 Å². The lowest BCUT2D eigenvalue weighted by atomic mass is 9.94. The van der Waals surface area contributed by atoms with Gasteiger partial charge >= 0.3 is 0 Å². The van der Waals surface area contributed by atoms with Crippen LogP contribution in [0.3, 0.4) is 0 Å². The lowest BCUT2D eigenvalue weighted by Crippen LogP contribution is -2.22. The Hall–Kier alpha value is -0.380. The standard InChI is InChI=1S/C10H10IN/c1-10(11)7-12-6-8-4-2-3-5-9(8)10/h2-6H,7H2,1H3. The number of alkyl halides is 1. The minimum atomic E-state index is 0.184. The first-order chi connectivity index (χ1) is 5.70. The Morgan fingerprint density at radius 1 is 1.42 bits per heavy atom. The van der Waals surface area contributed by atoms with Gasteiger partial charge < -0.3 is 0 Å². The monoisotopic (exact) mass is 271 g/mol. The van der Waals surface area contributed by atoms with Gasteiger partial charge in [-0.1, -0.05) is 46.9 Å². The van der Waals surface area contributed by atoms with Crippen molar-refractivity contribution in [2.24, 2.45) is 4.99 Å². The van der Waals surface area contributed by atoms with Crippen LogP contribution in [0.2, 0.25) is 0 Å². The Balaban J connectivity index is 2.60. The molecule has 0 aromatic heterocycles. The van der Waals surface area contributed by atoms with E-state index >= 15 is 0 Å². The van der Waals surface area contributed by atoms with Gasteiger partial charge in [0.05, 0.1) is 9.97 Å². The molecule has 1 aromatic carbocycles. The third-order valence-corrected chi connectivity index (χ3v) is 3.06. The summed E-state index contributed by atoms with van der Waals surface area (Å²) >= 11 is 2.47. The number of nitrogens with zero attached hydrogens (tertiary/aromatic N) is 1. The van der Waals surface area contributed by atoms with Crippen molar-refractivity contribution in [2.75, 3.05) is 6.54 Å². The third-order valence-electron chi connectivity index (χ3n) is 2.14. The highest BCUT2D eigenvalue weighted by Crippen LogP contribution is 2.35. The molecule has 1 aliphatic rings. The van der Waals surface area contributed by atoms with Gasteiger partial charge in [-0.15, -0.1) is 0 Å². The van der Waals surface area contributed by atoms with E-state index in [0.717, 1.165) is 6.54 Å². The maximum Gasteiger partial charge on any atom is 0.0643 e. The van der Waals surface area contributed by atoms with Crippen molar-refractivity contribution in [1.82, 2.24) is 0 Å².